The lowest BCUT2D eigenvalue weighted by Crippen LogP contribution is -2.31. The highest BCUT2D eigenvalue weighted by Gasteiger charge is 2.50. The molecule has 0 unspecified atom stereocenters. The van der Waals surface area contributed by atoms with Crippen LogP contribution in [-0.4, -0.2) is 34.7 Å². The Morgan fingerprint density at radius 2 is 2.11 bits per heavy atom. The van der Waals surface area contributed by atoms with Gasteiger partial charge in [-0.05, 0) is 31.9 Å². The molecule has 1 aromatic heterocycles. The normalized spacial score (nSPS) is 15.9. The molecule has 1 heterocycles. The van der Waals surface area contributed by atoms with Gasteiger partial charge in [-0.3, -0.25) is 0 Å². The molecule has 96 valence electrons. The first-order chi connectivity index (χ1) is 8.48. The van der Waals surface area contributed by atoms with E-state index in [1.807, 2.05) is 0 Å². The number of hydrogen-bond acceptors (Lipinski definition) is 5. The predicted molar refractivity (Wildman–Crippen MR) is 63.5 cm³/mol. The van der Waals surface area contributed by atoms with Crippen LogP contribution in [0.15, 0.2) is 12.1 Å². The summed E-state index contributed by atoms with van der Waals surface area (Å²) in [6.07, 6.45) is 1.17. The highest BCUT2D eigenvalue weighted by molar-refractivity contribution is 5.91. The second kappa shape index (κ2) is 4.29. The number of hydrogen-bond donors (Lipinski definition) is 2. The van der Waals surface area contributed by atoms with E-state index >= 15 is 0 Å². The van der Waals surface area contributed by atoms with Gasteiger partial charge in [-0.2, -0.15) is 0 Å². The van der Waals surface area contributed by atoms with Crippen LogP contribution in [0, 0.1) is 6.92 Å². The summed E-state index contributed by atoms with van der Waals surface area (Å²) in [4.78, 5) is 26.6. The molecule has 0 aliphatic heterocycles. The molecule has 6 nitrogen and oxygen atoms in total. The minimum absolute atomic E-state index is 0.378. The van der Waals surface area contributed by atoms with Gasteiger partial charge in [0.2, 0.25) is 0 Å². The smallest absolute Gasteiger partial charge is 0.339 e. The number of pyridine rings is 1. The second-order valence-corrected chi connectivity index (χ2v) is 4.33. The first-order valence-corrected chi connectivity index (χ1v) is 5.56. The Morgan fingerprint density at radius 1 is 1.44 bits per heavy atom. The van der Waals surface area contributed by atoms with E-state index in [-0.39, 0.29) is 0 Å². The maximum atomic E-state index is 11.4. The minimum Gasteiger partial charge on any atom is -0.480 e. The third kappa shape index (κ3) is 2.13. The van der Waals surface area contributed by atoms with Gasteiger partial charge in [-0.15, -0.1) is 0 Å². The molecule has 0 bridgehead atoms. The van der Waals surface area contributed by atoms with E-state index in [1.54, 1.807) is 19.1 Å². The van der Waals surface area contributed by atoms with Gasteiger partial charge in [0.1, 0.15) is 11.4 Å². The molecule has 0 atom stereocenters. The quantitative estimate of drug-likeness (QED) is 0.781. The molecule has 0 amide bonds. The van der Waals surface area contributed by atoms with Gasteiger partial charge in [0, 0.05) is 0 Å². The maximum Gasteiger partial charge on any atom is 0.339 e. The van der Waals surface area contributed by atoms with Crippen LogP contribution in [0.3, 0.4) is 0 Å². The number of aryl methyl sites for hydroxylation is 1. The van der Waals surface area contributed by atoms with Crippen molar-refractivity contribution in [3.05, 3.63) is 23.4 Å². The van der Waals surface area contributed by atoms with Crippen molar-refractivity contribution in [2.24, 2.45) is 0 Å². The lowest BCUT2D eigenvalue weighted by molar-refractivity contribution is -0.138. The number of carbonyl (C=O) groups is 2. The Hall–Kier alpha value is -2.11. The SMILES string of the molecule is COC(=O)c1ccc(NC2(C(=O)O)CC2)nc1C. The number of carboxylic acid groups (broad SMARTS) is 1. The highest BCUT2D eigenvalue weighted by atomic mass is 16.5. The van der Waals surface area contributed by atoms with Crippen molar-refractivity contribution in [3.8, 4) is 0 Å². The lowest BCUT2D eigenvalue weighted by atomic mass is 10.2. The standard InChI is InChI=1S/C12H14N2O4/c1-7-8(10(15)18-2)3-4-9(13-7)14-12(5-6-12)11(16)17/h3-4H,5-6H2,1-2H3,(H,13,14)(H,16,17). The molecule has 1 aliphatic rings. The third-order valence-corrected chi connectivity index (χ3v) is 3.02. The van der Waals surface area contributed by atoms with Crippen LogP contribution in [0.5, 0.6) is 0 Å². The molecule has 0 aromatic carbocycles. The van der Waals surface area contributed by atoms with Crippen molar-refractivity contribution in [2.45, 2.75) is 25.3 Å². The number of nitrogens with zero attached hydrogens (tertiary/aromatic N) is 1. The third-order valence-electron chi connectivity index (χ3n) is 3.02. The molecular formula is C12H14N2O4. The van der Waals surface area contributed by atoms with E-state index < -0.39 is 17.5 Å². The fraction of sp³-hybridized carbons (Fsp3) is 0.417. The van der Waals surface area contributed by atoms with Gasteiger partial charge in [0.15, 0.2) is 0 Å². The van der Waals surface area contributed by atoms with Crippen LogP contribution in [0.2, 0.25) is 0 Å². The first-order valence-electron chi connectivity index (χ1n) is 5.56. The summed E-state index contributed by atoms with van der Waals surface area (Å²) in [5, 5.41) is 11.9. The van der Waals surface area contributed by atoms with E-state index in [2.05, 4.69) is 15.0 Å². The summed E-state index contributed by atoms with van der Waals surface area (Å²) in [5.41, 5.74) is 0.00271. The van der Waals surface area contributed by atoms with E-state index in [4.69, 9.17) is 5.11 Å². The maximum absolute atomic E-state index is 11.4. The number of rotatable bonds is 4. The second-order valence-electron chi connectivity index (χ2n) is 4.33. The largest absolute Gasteiger partial charge is 0.480 e. The zero-order valence-electron chi connectivity index (χ0n) is 10.2. The average molecular weight is 250 g/mol. The molecule has 1 fully saturated rings. The number of nitrogens with one attached hydrogen (secondary N) is 1. The molecule has 18 heavy (non-hydrogen) atoms. The molecule has 1 aliphatic carbocycles. The molecule has 1 aromatic rings. The van der Waals surface area contributed by atoms with Gasteiger partial charge in [0.05, 0.1) is 18.4 Å². The van der Waals surface area contributed by atoms with Crippen molar-refractivity contribution in [1.82, 2.24) is 4.98 Å². The van der Waals surface area contributed by atoms with Crippen molar-refractivity contribution in [3.63, 3.8) is 0 Å². The first kappa shape index (κ1) is 12.3. The van der Waals surface area contributed by atoms with Crippen LogP contribution >= 0.6 is 0 Å². The van der Waals surface area contributed by atoms with Crippen molar-refractivity contribution in [2.75, 3.05) is 12.4 Å². The van der Waals surface area contributed by atoms with Crippen LogP contribution in [0.1, 0.15) is 28.9 Å². The van der Waals surface area contributed by atoms with Gasteiger partial charge >= 0.3 is 11.9 Å². The Kier molecular flexibility index (Phi) is 2.94. The average Bonchev–Trinajstić information content (AvgIpc) is 3.09. The molecule has 0 spiro atoms. The summed E-state index contributed by atoms with van der Waals surface area (Å²) in [6.45, 7) is 1.68. The zero-order valence-corrected chi connectivity index (χ0v) is 10.2. The molecule has 2 N–H and O–H groups in total. The van der Waals surface area contributed by atoms with E-state index in [1.165, 1.54) is 7.11 Å². The molecular weight excluding hydrogens is 236 g/mol. The summed E-state index contributed by atoms with van der Waals surface area (Å²) in [6, 6.07) is 3.16. The molecule has 0 saturated heterocycles. The Morgan fingerprint density at radius 3 is 2.56 bits per heavy atom. The predicted octanol–water partition coefficient (Wildman–Crippen LogP) is 1.21. The van der Waals surface area contributed by atoms with Gasteiger partial charge in [-0.25, -0.2) is 14.6 Å². The number of anilines is 1. The van der Waals surface area contributed by atoms with Gasteiger partial charge in [0.25, 0.3) is 0 Å². The number of aliphatic carboxylic acids is 1. The van der Waals surface area contributed by atoms with Crippen LogP contribution in [0.4, 0.5) is 5.82 Å². The van der Waals surface area contributed by atoms with E-state index in [9.17, 15) is 9.59 Å². The number of ether oxygens (including phenoxy) is 1. The minimum atomic E-state index is -0.883. The van der Waals surface area contributed by atoms with Gasteiger partial charge in [-0.1, -0.05) is 0 Å². The van der Waals surface area contributed by atoms with Crippen molar-refractivity contribution >= 4 is 17.8 Å². The van der Waals surface area contributed by atoms with Crippen LogP contribution in [0.25, 0.3) is 0 Å². The Balaban J connectivity index is 2.20. The molecule has 2 rings (SSSR count). The van der Waals surface area contributed by atoms with E-state index in [0.717, 1.165) is 0 Å². The number of esters is 1. The summed E-state index contributed by atoms with van der Waals surface area (Å²) in [5.74, 6) is -0.870. The van der Waals surface area contributed by atoms with Crippen molar-refractivity contribution < 1.29 is 19.4 Å². The number of methoxy groups -OCH3 is 1. The molecule has 0 radical (unpaired) electrons. The fourth-order valence-electron chi connectivity index (χ4n) is 1.72. The summed E-state index contributed by atoms with van der Waals surface area (Å²) in [7, 11) is 1.30. The number of aromatic nitrogens is 1. The Labute approximate surface area is 104 Å². The lowest BCUT2D eigenvalue weighted by Gasteiger charge is -2.14. The summed E-state index contributed by atoms with van der Waals surface area (Å²) < 4.78 is 4.61. The van der Waals surface area contributed by atoms with Crippen LogP contribution < -0.4 is 5.32 Å². The molecule has 1 saturated carbocycles. The number of carbonyl (C=O) groups excluding carboxylic acids is 1. The van der Waals surface area contributed by atoms with E-state index in [0.29, 0.717) is 29.9 Å². The van der Waals surface area contributed by atoms with Crippen molar-refractivity contribution in [1.29, 1.82) is 0 Å². The zero-order chi connectivity index (χ0) is 13.3. The fourth-order valence-corrected chi connectivity index (χ4v) is 1.72. The monoisotopic (exact) mass is 250 g/mol. The Bertz CT molecular complexity index is 509. The number of carboxylic acids is 1. The van der Waals surface area contributed by atoms with Gasteiger partial charge < -0.3 is 15.2 Å². The highest BCUT2D eigenvalue weighted by Crippen LogP contribution is 2.38. The van der Waals surface area contributed by atoms with Crippen LogP contribution in [-0.2, 0) is 9.53 Å². The topological polar surface area (TPSA) is 88.5 Å². The summed E-state index contributed by atoms with van der Waals surface area (Å²) >= 11 is 0. The molecule has 6 heteroatoms.